The number of nitrogens with zero attached hydrogens (tertiary/aromatic N) is 1. The van der Waals surface area contributed by atoms with Crippen LogP contribution in [-0.2, 0) is 6.18 Å². The number of hydrogen-bond donors (Lipinski definition) is 2. The molecule has 168 valence electrons. The molecule has 0 spiro atoms. The summed E-state index contributed by atoms with van der Waals surface area (Å²) in [4.78, 5) is 17.1. The smallest absolute Gasteiger partial charge is 0.416 e. The number of amides is 1. The first-order valence-corrected chi connectivity index (χ1v) is 10.7. The van der Waals surface area contributed by atoms with Crippen LogP contribution in [0, 0.1) is 0 Å². The molecule has 0 aliphatic carbocycles. The molecule has 1 aromatic heterocycles. The highest BCUT2D eigenvalue weighted by atomic mass is 32.1. The quantitative estimate of drug-likeness (QED) is 0.325. The van der Waals surface area contributed by atoms with Crippen molar-refractivity contribution in [3.05, 3.63) is 89.3 Å². The first-order chi connectivity index (χ1) is 15.8. The van der Waals surface area contributed by atoms with Crippen molar-refractivity contribution in [3.63, 3.8) is 0 Å². The van der Waals surface area contributed by atoms with Gasteiger partial charge in [0.25, 0.3) is 5.91 Å². The van der Waals surface area contributed by atoms with Crippen LogP contribution in [0.1, 0.15) is 15.9 Å². The first-order valence-electron chi connectivity index (χ1n) is 9.77. The largest absolute Gasteiger partial charge is 0.497 e. The summed E-state index contributed by atoms with van der Waals surface area (Å²) >= 11 is 1.42. The molecule has 3 aromatic carbocycles. The predicted octanol–water partition coefficient (Wildman–Crippen LogP) is 6.83. The van der Waals surface area contributed by atoms with Crippen LogP contribution in [-0.4, -0.2) is 18.0 Å². The third-order valence-corrected chi connectivity index (χ3v) is 5.45. The second-order valence-electron chi connectivity index (χ2n) is 7.01. The number of alkyl halides is 3. The van der Waals surface area contributed by atoms with Gasteiger partial charge in [-0.05, 0) is 42.5 Å². The molecule has 0 radical (unpaired) electrons. The topological polar surface area (TPSA) is 63.2 Å². The molecule has 0 saturated heterocycles. The number of hydrogen-bond acceptors (Lipinski definition) is 5. The van der Waals surface area contributed by atoms with E-state index in [1.807, 2.05) is 35.7 Å². The van der Waals surface area contributed by atoms with Gasteiger partial charge in [-0.1, -0.05) is 24.3 Å². The van der Waals surface area contributed by atoms with E-state index >= 15 is 0 Å². The minimum Gasteiger partial charge on any atom is -0.497 e. The fourth-order valence-corrected chi connectivity index (χ4v) is 3.82. The zero-order chi connectivity index (χ0) is 23.4. The van der Waals surface area contributed by atoms with Crippen molar-refractivity contribution in [1.82, 2.24) is 4.98 Å². The van der Waals surface area contributed by atoms with E-state index in [4.69, 9.17) is 4.74 Å². The Kier molecular flexibility index (Phi) is 6.32. The number of carbonyl (C=O) groups excluding carboxylic acids is 1. The van der Waals surface area contributed by atoms with Crippen molar-refractivity contribution in [3.8, 4) is 17.0 Å². The molecule has 0 atom stereocenters. The minimum atomic E-state index is -4.52. The Balaban J connectivity index is 1.49. The van der Waals surface area contributed by atoms with Gasteiger partial charge in [-0.25, -0.2) is 4.98 Å². The maximum Gasteiger partial charge on any atom is 0.416 e. The summed E-state index contributed by atoms with van der Waals surface area (Å²) in [5.74, 6) is 0.0953. The molecular weight excluding hydrogens is 451 g/mol. The van der Waals surface area contributed by atoms with E-state index in [0.29, 0.717) is 16.5 Å². The molecule has 4 aromatic rings. The van der Waals surface area contributed by atoms with Crippen molar-refractivity contribution >= 4 is 33.8 Å². The van der Waals surface area contributed by atoms with Gasteiger partial charge in [0.15, 0.2) is 5.13 Å². The molecule has 0 unspecified atom stereocenters. The Morgan fingerprint density at radius 1 is 0.970 bits per heavy atom. The number of anilines is 3. The van der Waals surface area contributed by atoms with Crippen LogP contribution in [0.4, 0.5) is 29.7 Å². The van der Waals surface area contributed by atoms with Crippen LogP contribution >= 0.6 is 11.3 Å². The Bertz CT molecular complexity index is 1290. The van der Waals surface area contributed by atoms with E-state index < -0.39 is 17.6 Å². The maximum absolute atomic E-state index is 12.9. The molecule has 0 fully saturated rings. The zero-order valence-corrected chi connectivity index (χ0v) is 18.1. The normalized spacial score (nSPS) is 11.2. The predicted molar refractivity (Wildman–Crippen MR) is 123 cm³/mol. The molecule has 1 amide bonds. The third kappa shape index (κ3) is 5.50. The van der Waals surface area contributed by atoms with Gasteiger partial charge >= 0.3 is 6.18 Å². The van der Waals surface area contributed by atoms with Crippen LogP contribution in [0.5, 0.6) is 5.75 Å². The molecule has 2 N–H and O–H groups in total. The number of rotatable bonds is 6. The standard InChI is InChI=1S/C24H18F3N3O2S/c1-32-20-10-4-9-19(13-20)29-23-30-21(14-33-23)15-5-3-8-18(12-15)28-22(31)16-6-2-7-17(11-16)24(25,26)27/h2-14H,1H3,(H,28,31)(H,29,30). The van der Waals surface area contributed by atoms with Gasteiger partial charge in [0.1, 0.15) is 5.75 Å². The van der Waals surface area contributed by atoms with Gasteiger partial charge in [-0.2, -0.15) is 13.2 Å². The summed E-state index contributed by atoms with van der Waals surface area (Å²) in [6.45, 7) is 0. The molecule has 0 aliphatic heterocycles. The highest BCUT2D eigenvalue weighted by Gasteiger charge is 2.30. The third-order valence-electron chi connectivity index (χ3n) is 4.69. The SMILES string of the molecule is COc1cccc(Nc2nc(-c3cccc(NC(=O)c4cccc(C(F)(F)F)c4)c3)cs2)c1. The molecule has 0 bridgehead atoms. The van der Waals surface area contributed by atoms with E-state index in [2.05, 4.69) is 15.6 Å². The summed E-state index contributed by atoms with van der Waals surface area (Å²) in [5.41, 5.74) is 1.78. The molecule has 4 rings (SSSR count). The summed E-state index contributed by atoms with van der Waals surface area (Å²) in [5, 5.41) is 8.42. The first kappa shape index (κ1) is 22.3. The molecular formula is C24H18F3N3O2S. The number of thiazole rings is 1. The number of nitrogens with one attached hydrogen (secondary N) is 2. The van der Waals surface area contributed by atoms with Crippen molar-refractivity contribution in [2.75, 3.05) is 17.7 Å². The summed E-state index contributed by atoms with van der Waals surface area (Å²) in [6.07, 6.45) is -4.52. The van der Waals surface area contributed by atoms with E-state index in [0.717, 1.165) is 29.1 Å². The molecule has 0 aliphatic rings. The van der Waals surface area contributed by atoms with Crippen molar-refractivity contribution in [1.29, 1.82) is 0 Å². The fraction of sp³-hybridized carbons (Fsp3) is 0.0833. The number of methoxy groups -OCH3 is 1. The average Bonchev–Trinajstić information content (AvgIpc) is 3.27. The van der Waals surface area contributed by atoms with Gasteiger partial charge in [-0.3, -0.25) is 4.79 Å². The van der Waals surface area contributed by atoms with E-state index in [9.17, 15) is 18.0 Å². The Hall–Kier alpha value is -3.85. The highest BCUT2D eigenvalue weighted by Crippen LogP contribution is 2.31. The summed E-state index contributed by atoms with van der Waals surface area (Å²) in [6, 6.07) is 18.7. The Morgan fingerprint density at radius 2 is 1.73 bits per heavy atom. The lowest BCUT2D eigenvalue weighted by Gasteiger charge is -2.10. The van der Waals surface area contributed by atoms with Crippen LogP contribution in [0.15, 0.2) is 78.2 Å². The molecule has 33 heavy (non-hydrogen) atoms. The van der Waals surface area contributed by atoms with Crippen LogP contribution in [0.2, 0.25) is 0 Å². The van der Waals surface area contributed by atoms with E-state index in [-0.39, 0.29) is 5.56 Å². The van der Waals surface area contributed by atoms with E-state index in [1.54, 1.807) is 25.3 Å². The average molecular weight is 469 g/mol. The number of halogens is 3. The number of carbonyl (C=O) groups is 1. The lowest BCUT2D eigenvalue weighted by atomic mass is 10.1. The van der Waals surface area contributed by atoms with Gasteiger partial charge in [0, 0.05) is 33.9 Å². The Morgan fingerprint density at radius 3 is 2.52 bits per heavy atom. The van der Waals surface area contributed by atoms with Crippen LogP contribution in [0.3, 0.4) is 0 Å². The zero-order valence-electron chi connectivity index (χ0n) is 17.3. The van der Waals surface area contributed by atoms with Gasteiger partial charge in [0.2, 0.25) is 0 Å². The molecule has 0 saturated carbocycles. The van der Waals surface area contributed by atoms with Crippen molar-refractivity contribution < 1.29 is 22.7 Å². The van der Waals surface area contributed by atoms with Gasteiger partial charge in [0.05, 0.1) is 18.4 Å². The molecule has 9 heteroatoms. The second kappa shape index (κ2) is 9.33. The highest BCUT2D eigenvalue weighted by molar-refractivity contribution is 7.14. The van der Waals surface area contributed by atoms with Gasteiger partial charge < -0.3 is 15.4 Å². The fourth-order valence-electron chi connectivity index (χ4n) is 3.08. The van der Waals surface area contributed by atoms with Crippen molar-refractivity contribution in [2.45, 2.75) is 6.18 Å². The lowest BCUT2D eigenvalue weighted by Crippen LogP contribution is -2.13. The number of aromatic nitrogens is 1. The minimum absolute atomic E-state index is 0.0753. The second-order valence-corrected chi connectivity index (χ2v) is 7.87. The number of benzene rings is 3. The van der Waals surface area contributed by atoms with Crippen molar-refractivity contribution in [2.24, 2.45) is 0 Å². The maximum atomic E-state index is 12.9. The van der Waals surface area contributed by atoms with E-state index in [1.165, 1.54) is 23.5 Å². The van der Waals surface area contributed by atoms with Crippen LogP contribution in [0.25, 0.3) is 11.3 Å². The van der Waals surface area contributed by atoms with Gasteiger partial charge in [-0.15, -0.1) is 11.3 Å². The lowest BCUT2D eigenvalue weighted by molar-refractivity contribution is -0.137. The summed E-state index contributed by atoms with van der Waals surface area (Å²) < 4.78 is 44.0. The molecule has 5 nitrogen and oxygen atoms in total. The van der Waals surface area contributed by atoms with Crippen LogP contribution < -0.4 is 15.4 Å². The Labute approximate surface area is 191 Å². The summed E-state index contributed by atoms with van der Waals surface area (Å²) in [7, 11) is 1.60. The molecule has 1 heterocycles. The number of ether oxygens (including phenoxy) is 1. The monoisotopic (exact) mass is 469 g/mol.